The number of aromatic nitrogens is 2. The molecule has 0 saturated carbocycles. The molecule has 30 heavy (non-hydrogen) atoms. The molecule has 9 heteroatoms. The van der Waals surface area contributed by atoms with Crippen molar-refractivity contribution >= 4 is 12.0 Å². The Balaban J connectivity index is 1.66. The fourth-order valence-electron chi connectivity index (χ4n) is 3.93. The molecule has 9 nitrogen and oxygen atoms in total. The summed E-state index contributed by atoms with van der Waals surface area (Å²) >= 11 is 0. The highest BCUT2D eigenvalue weighted by molar-refractivity contribution is 5.84. The highest BCUT2D eigenvalue weighted by Crippen LogP contribution is 2.39. The fourth-order valence-corrected chi connectivity index (χ4v) is 3.93. The number of hydrogen-bond acceptors (Lipinski definition) is 6. The lowest BCUT2D eigenvalue weighted by molar-refractivity contribution is -0.144. The Morgan fingerprint density at radius 2 is 2.17 bits per heavy atom. The van der Waals surface area contributed by atoms with Crippen molar-refractivity contribution in [3.63, 3.8) is 0 Å². The van der Waals surface area contributed by atoms with E-state index in [1.807, 2.05) is 32.0 Å². The van der Waals surface area contributed by atoms with Crippen molar-refractivity contribution < 1.29 is 23.8 Å². The van der Waals surface area contributed by atoms with E-state index >= 15 is 0 Å². The number of imidazole rings is 1. The van der Waals surface area contributed by atoms with E-state index in [0.29, 0.717) is 24.5 Å². The lowest BCUT2D eigenvalue weighted by Gasteiger charge is -2.36. The molecule has 4 rings (SSSR count). The number of hydrogen-bond donors (Lipinski definition) is 2. The van der Waals surface area contributed by atoms with Crippen LogP contribution in [0.25, 0.3) is 0 Å². The number of nitrogens with zero attached hydrogens (tertiary/aromatic N) is 2. The molecule has 0 spiro atoms. The summed E-state index contributed by atoms with van der Waals surface area (Å²) in [5.41, 5.74) is 2.64. The minimum absolute atomic E-state index is 0.0591. The molecule has 160 valence electrons. The molecule has 0 unspecified atom stereocenters. The van der Waals surface area contributed by atoms with Crippen molar-refractivity contribution in [1.29, 1.82) is 0 Å². The Kier molecular flexibility index (Phi) is 5.52. The number of rotatable bonds is 5. The van der Waals surface area contributed by atoms with Gasteiger partial charge in [-0.25, -0.2) is 14.6 Å². The van der Waals surface area contributed by atoms with Crippen LogP contribution in [0.5, 0.6) is 11.5 Å². The number of ether oxygens (including phenoxy) is 3. The third-order valence-corrected chi connectivity index (χ3v) is 5.85. The van der Waals surface area contributed by atoms with Crippen molar-refractivity contribution in [3.8, 4) is 11.5 Å². The van der Waals surface area contributed by atoms with Crippen LogP contribution in [0, 0.1) is 5.92 Å². The molecule has 1 aromatic heterocycles. The number of methoxy groups -OCH3 is 1. The van der Waals surface area contributed by atoms with Gasteiger partial charge in [0, 0.05) is 18.7 Å². The van der Waals surface area contributed by atoms with Crippen LogP contribution >= 0.6 is 0 Å². The molecular weight excluding hydrogens is 388 g/mol. The molecule has 3 atom stereocenters. The van der Waals surface area contributed by atoms with Gasteiger partial charge in [-0.05, 0) is 23.6 Å². The minimum atomic E-state index is -0.717. The zero-order chi connectivity index (χ0) is 21.3. The number of nitrogens with one attached hydrogen (secondary N) is 2. The van der Waals surface area contributed by atoms with E-state index in [4.69, 9.17) is 14.2 Å². The lowest BCUT2D eigenvalue weighted by Crippen LogP contribution is -2.53. The van der Waals surface area contributed by atoms with Gasteiger partial charge < -0.3 is 29.4 Å². The zero-order valence-electron chi connectivity index (χ0n) is 17.3. The molecule has 0 radical (unpaired) electrons. The van der Waals surface area contributed by atoms with E-state index in [2.05, 4.69) is 15.3 Å². The van der Waals surface area contributed by atoms with Gasteiger partial charge in [0.2, 0.25) is 6.79 Å². The normalized spacial score (nSPS) is 19.0. The summed E-state index contributed by atoms with van der Waals surface area (Å²) < 4.78 is 15.8. The Morgan fingerprint density at radius 3 is 2.93 bits per heavy atom. The second-order valence-corrected chi connectivity index (χ2v) is 7.56. The summed E-state index contributed by atoms with van der Waals surface area (Å²) in [6.45, 7) is 4.55. The maximum Gasteiger partial charge on any atom is 0.328 e. The van der Waals surface area contributed by atoms with E-state index in [0.717, 1.165) is 23.4 Å². The third kappa shape index (κ3) is 3.55. The van der Waals surface area contributed by atoms with E-state index in [-0.39, 0.29) is 18.7 Å². The lowest BCUT2D eigenvalue weighted by atomic mass is 9.95. The van der Waals surface area contributed by atoms with Crippen LogP contribution in [0.3, 0.4) is 0 Å². The number of amides is 2. The summed E-state index contributed by atoms with van der Waals surface area (Å²) in [6.07, 6.45) is 3.02. The van der Waals surface area contributed by atoms with Crippen LogP contribution in [0.1, 0.15) is 43.3 Å². The van der Waals surface area contributed by atoms with Gasteiger partial charge in [-0.2, -0.15) is 0 Å². The van der Waals surface area contributed by atoms with Crippen LogP contribution in [-0.2, 0) is 16.0 Å². The van der Waals surface area contributed by atoms with Crippen LogP contribution in [-0.4, -0.2) is 53.4 Å². The Morgan fingerprint density at radius 1 is 1.37 bits per heavy atom. The van der Waals surface area contributed by atoms with Crippen molar-refractivity contribution in [1.82, 2.24) is 20.2 Å². The monoisotopic (exact) mass is 414 g/mol. The van der Waals surface area contributed by atoms with Gasteiger partial charge in [-0.15, -0.1) is 0 Å². The van der Waals surface area contributed by atoms with Gasteiger partial charge in [0.05, 0.1) is 19.1 Å². The number of carbonyl (C=O) groups excluding carboxylic acids is 2. The third-order valence-electron chi connectivity index (χ3n) is 5.85. The summed E-state index contributed by atoms with van der Waals surface area (Å²) in [4.78, 5) is 34.9. The van der Waals surface area contributed by atoms with Crippen molar-refractivity contribution in [2.75, 3.05) is 20.4 Å². The summed E-state index contributed by atoms with van der Waals surface area (Å²) in [5, 5.41) is 2.88. The second-order valence-electron chi connectivity index (χ2n) is 7.56. The molecule has 0 saturated heterocycles. The van der Waals surface area contributed by atoms with Gasteiger partial charge in [0.25, 0.3) is 0 Å². The Labute approximate surface area is 174 Å². The fraction of sp³-hybridized carbons (Fsp3) is 0.476. The van der Waals surface area contributed by atoms with Gasteiger partial charge in [0.15, 0.2) is 11.5 Å². The molecule has 2 aliphatic rings. The number of esters is 1. The average Bonchev–Trinajstić information content (AvgIpc) is 3.44. The first-order valence-electron chi connectivity index (χ1n) is 10.1. The predicted molar refractivity (Wildman–Crippen MR) is 107 cm³/mol. The van der Waals surface area contributed by atoms with Crippen molar-refractivity contribution in [2.45, 2.75) is 38.8 Å². The first-order valence-corrected chi connectivity index (χ1v) is 10.1. The number of carbonyl (C=O) groups is 2. The minimum Gasteiger partial charge on any atom is -0.467 e. The van der Waals surface area contributed by atoms with Crippen molar-refractivity contribution in [3.05, 3.63) is 41.5 Å². The highest BCUT2D eigenvalue weighted by atomic mass is 16.7. The number of aromatic amines is 1. The molecule has 0 bridgehead atoms. The summed E-state index contributed by atoms with van der Waals surface area (Å²) in [7, 11) is 1.33. The largest absolute Gasteiger partial charge is 0.467 e. The number of urea groups is 1. The van der Waals surface area contributed by atoms with E-state index < -0.39 is 18.1 Å². The molecular formula is C21H26N4O5. The number of fused-ring (bicyclic) bond motifs is 2. The van der Waals surface area contributed by atoms with Gasteiger partial charge in [0.1, 0.15) is 12.1 Å². The number of H-pyrrole nitrogens is 1. The molecule has 2 N–H and O–H groups in total. The van der Waals surface area contributed by atoms with Gasteiger partial charge in [-0.1, -0.05) is 26.3 Å². The first-order chi connectivity index (χ1) is 14.5. The van der Waals surface area contributed by atoms with Gasteiger partial charge in [-0.3, -0.25) is 0 Å². The zero-order valence-corrected chi connectivity index (χ0v) is 17.3. The van der Waals surface area contributed by atoms with Crippen LogP contribution < -0.4 is 14.8 Å². The van der Waals surface area contributed by atoms with Gasteiger partial charge >= 0.3 is 12.0 Å². The SMILES string of the molecule is CC[C@H](C)[C@@H](NC(=O)N1CCc2[nH]cnc2[C@@H]1c1ccc2c(c1)OCO2)C(=O)OC. The molecule has 2 aromatic rings. The smallest absolute Gasteiger partial charge is 0.328 e. The van der Waals surface area contributed by atoms with Crippen LogP contribution in [0.15, 0.2) is 24.5 Å². The van der Waals surface area contributed by atoms with Crippen LogP contribution in [0.4, 0.5) is 4.79 Å². The predicted octanol–water partition coefficient (Wildman–Crippen LogP) is 2.38. The maximum atomic E-state index is 13.3. The molecule has 0 fully saturated rings. The molecule has 2 aliphatic heterocycles. The van der Waals surface area contributed by atoms with E-state index in [1.54, 1.807) is 11.2 Å². The highest BCUT2D eigenvalue weighted by Gasteiger charge is 2.37. The molecule has 1 aromatic carbocycles. The quantitative estimate of drug-likeness (QED) is 0.728. The average molecular weight is 414 g/mol. The number of benzene rings is 1. The summed E-state index contributed by atoms with van der Waals surface area (Å²) in [6, 6.07) is 4.17. The standard InChI is InChI=1S/C21H26N4O5/c1-4-12(2)17(20(26)28-3)24-21(27)25-8-7-14-18(23-10-22-14)19(25)13-5-6-15-16(9-13)30-11-29-15/h5-6,9-10,12,17,19H,4,7-8,11H2,1-3H3,(H,22,23)(H,24,27)/t12-,17+,19-/m0/s1. The molecule has 3 heterocycles. The molecule has 0 aliphatic carbocycles. The van der Waals surface area contributed by atoms with E-state index in [1.165, 1.54) is 7.11 Å². The second kappa shape index (κ2) is 8.25. The maximum absolute atomic E-state index is 13.3. The summed E-state index contributed by atoms with van der Waals surface area (Å²) in [5.74, 6) is 0.809. The molecule has 2 amide bonds. The Bertz CT molecular complexity index is 943. The van der Waals surface area contributed by atoms with Crippen LogP contribution in [0.2, 0.25) is 0 Å². The topological polar surface area (TPSA) is 106 Å². The van der Waals surface area contributed by atoms with E-state index in [9.17, 15) is 9.59 Å². The first kappa shape index (κ1) is 20.1. The Hall–Kier alpha value is -3.23. The van der Waals surface area contributed by atoms with Crippen molar-refractivity contribution in [2.24, 2.45) is 5.92 Å².